The van der Waals surface area contributed by atoms with Gasteiger partial charge in [-0.3, -0.25) is 9.48 Å². The van der Waals surface area contributed by atoms with E-state index >= 15 is 0 Å². The zero-order chi connectivity index (χ0) is 22.1. The van der Waals surface area contributed by atoms with Crippen molar-refractivity contribution in [2.45, 2.75) is 25.8 Å². The number of rotatable bonds is 6. The van der Waals surface area contributed by atoms with E-state index < -0.39 is 0 Å². The van der Waals surface area contributed by atoms with Crippen LogP contribution in [0, 0.1) is 0 Å². The van der Waals surface area contributed by atoms with E-state index in [1.165, 1.54) is 0 Å². The monoisotopic (exact) mass is 437 g/mol. The largest absolute Gasteiger partial charge is 0.493 e. The van der Waals surface area contributed by atoms with Crippen LogP contribution in [0.4, 0.5) is 0 Å². The van der Waals surface area contributed by atoms with E-state index in [0.717, 1.165) is 22.6 Å². The van der Waals surface area contributed by atoms with E-state index in [0.29, 0.717) is 42.6 Å². The first-order valence-electron chi connectivity index (χ1n) is 10.2. The van der Waals surface area contributed by atoms with E-state index in [2.05, 4.69) is 10.4 Å². The second kappa shape index (κ2) is 8.43. The van der Waals surface area contributed by atoms with Crippen LogP contribution in [0.3, 0.4) is 0 Å². The van der Waals surface area contributed by atoms with Crippen LogP contribution in [0.5, 0.6) is 23.0 Å². The van der Waals surface area contributed by atoms with Gasteiger partial charge < -0.3 is 29.0 Å². The molecule has 0 fully saturated rings. The van der Waals surface area contributed by atoms with Crippen LogP contribution in [-0.2, 0) is 24.4 Å². The number of amides is 1. The van der Waals surface area contributed by atoms with Gasteiger partial charge in [-0.1, -0.05) is 12.1 Å². The molecule has 1 atom stereocenters. The van der Waals surface area contributed by atoms with Crippen molar-refractivity contribution in [2.75, 3.05) is 21.0 Å². The first kappa shape index (κ1) is 20.2. The molecule has 0 saturated carbocycles. The first-order valence-corrected chi connectivity index (χ1v) is 10.2. The summed E-state index contributed by atoms with van der Waals surface area (Å²) in [5.41, 5.74) is 3.09. The average molecular weight is 437 g/mol. The molecule has 2 aliphatic heterocycles. The van der Waals surface area contributed by atoms with Gasteiger partial charge in [0.1, 0.15) is 6.10 Å². The van der Waals surface area contributed by atoms with Crippen molar-refractivity contribution in [3.05, 3.63) is 65.0 Å². The second-order valence-corrected chi connectivity index (χ2v) is 7.49. The maximum absolute atomic E-state index is 12.7. The molecule has 1 amide bonds. The van der Waals surface area contributed by atoms with Gasteiger partial charge in [-0.15, -0.1) is 0 Å². The van der Waals surface area contributed by atoms with Gasteiger partial charge in [-0.05, 0) is 41.5 Å². The Morgan fingerprint density at radius 1 is 1.09 bits per heavy atom. The van der Waals surface area contributed by atoms with Crippen molar-refractivity contribution in [1.29, 1.82) is 0 Å². The number of hydrogen-bond acceptors (Lipinski definition) is 7. The van der Waals surface area contributed by atoms with Gasteiger partial charge in [0, 0.05) is 6.54 Å². The van der Waals surface area contributed by atoms with Crippen molar-refractivity contribution < 1.29 is 28.5 Å². The van der Waals surface area contributed by atoms with E-state index in [9.17, 15) is 4.79 Å². The number of methoxy groups -OCH3 is 2. The van der Waals surface area contributed by atoms with Crippen LogP contribution < -0.4 is 24.3 Å². The number of ether oxygens (including phenoxy) is 5. The first-order chi connectivity index (χ1) is 15.6. The topological polar surface area (TPSA) is 93.1 Å². The van der Waals surface area contributed by atoms with Crippen LogP contribution in [0.1, 0.15) is 33.4 Å². The van der Waals surface area contributed by atoms with Crippen LogP contribution >= 0.6 is 0 Å². The third-order valence-electron chi connectivity index (χ3n) is 5.54. The Labute approximate surface area is 184 Å². The summed E-state index contributed by atoms with van der Waals surface area (Å²) in [6, 6.07) is 13.1. The van der Waals surface area contributed by atoms with Gasteiger partial charge in [0.2, 0.25) is 6.79 Å². The average Bonchev–Trinajstić information content (AvgIpc) is 3.48. The SMILES string of the molecule is COc1ccc(CNC(=O)c2cc3n(n2)C[C@H](c2ccc4c(c2)OCO4)OC3)cc1OC. The number of carbonyl (C=O) groups is 1. The molecule has 1 aromatic heterocycles. The highest BCUT2D eigenvalue weighted by Gasteiger charge is 2.26. The van der Waals surface area contributed by atoms with E-state index in [-0.39, 0.29) is 18.8 Å². The zero-order valence-corrected chi connectivity index (χ0v) is 17.8. The van der Waals surface area contributed by atoms with Crippen LogP contribution in [0.15, 0.2) is 42.5 Å². The van der Waals surface area contributed by atoms with Gasteiger partial charge in [0.05, 0.1) is 33.1 Å². The second-order valence-electron chi connectivity index (χ2n) is 7.49. The molecule has 1 N–H and O–H groups in total. The molecule has 9 nitrogen and oxygen atoms in total. The van der Waals surface area contributed by atoms with Crippen LogP contribution in [0.2, 0.25) is 0 Å². The molecule has 3 aromatic rings. The molecular formula is C23H23N3O6. The third kappa shape index (κ3) is 3.82. The highest BCUT2D eigenvalue weighted by Crippen LogP contribution is 2.36. The minimum atomic E-state index is -0.249. The van der Waals surface area contributed by atoms with Gasteiger partial charge >= 0.3 is 0 Å². The number of fused-ring (bicyclic) bond motifs is 2. The molecule has 0 radical (unpaired) electrons. The molecule has 5 rings (SSSR count). The lowest BCUT2D eigenvalue weighted by atomic mass is 10.1. The fourth-order valence-electron chi connectivity index (χ4n) is 3.81. The van der Waals surface area contributed by atoms with Gasteiger partial charge in [-0.25, -0.2) is 0 Å². The normalized spacial score (nSPS) is 16.4. The van der Waals surface area contributed by atoms with Gasteiger partial charge in [0.15, 0.2) is 28.7 Å². The molecular weight excluding hydrogens is 414 g/mol. The summed E-state index contributed by atoms with van der Waals surface area (Å²) in [6.07, 6.45) is -0.181. The smallest absolute Gasteiger partial charge is 0.272 e. The Balaban J connectivity index is 1.25. The Hall–Kier alpha value is -3.72. The minimum Gasteiger partial charge on any atom is -0.493 e. The van der Waals surface area contributed by atoms with Crippen molar-refractivity contribution in [3.8, 4) is 23.0 Å². The summed E-state index contributed by atoms with van der Waals surface area (Å²) in [7, 11) is 3.16. The summed E-state index contributed by atoms with van der Waals surface area (Å²) in [6.45, 7) is 1.46. The van der Waals surface area contributed by atoms with Crippen LogP contribution in [-0.4, -0.2) is 36.7 Å². The number of nitrogens with one attached hydrogen (secondary N) is 1. The molecule has 2 aliphatic rings. The third-order valence-corrected chi connectivity index (χ3v) is 5.54. The lowest BCUT2D eigenvalue weighted by Crippen LogP contribution is -2.24. The molecule has 32 heavy (non-hydrogen) atoms. The molecule has 0 unspecified atom stereocenters. The fraction of sp³-hybridized carbons (Fsp3) is 0.304. The summed E-state index contributed by atoms with van der Waals surface area (Å²) < 4.78 is 29.2. The quantitative estimate of drug-likeness (QED) is 0.634. The van der Waals surface area contributed by atoms with E-state index in [4.69, 9.17) is 23.7 Å². The number of hydrogen-bond donors (Lipinski definition) is 1. The number of carbonyl (C=O) groups excluding carboxylic acids is 1. The number of benzene rings is 2. The Bertz CT molecular complexity index is 1160. The van der Waals surface area contributed by atoms with E-state index in [1.54, 1.807) is 20.3 Å². The molecule has 0 aliphatic carbocycles. The molecule has 0 bridgehead atoms. The molecule has 3 heterocycles. The summed E-state index contributed by atoms with van der Waals surface area (Å²) in [5, 5.41) is 7.40. The lowest BCUT2D eigenvalue weighted by Gasteiger charge is -2.24. The summed E-state index contributed by atoms with van der Waals surface area (Å²) >= 11 is 0. The van der Waals surface area contributed by atoms with Gasteiger partial charge in [-0.2, -0.15) is 5.10 Å². The highest BCUT2D eigenvalue weighted by atomic mass is 16.7. The maximum Gasteiger partial charge on any atom is 0.272 e. The number of aromatic nitrogens is 2. The number of nitrogens with zero attached hydrogens (tertiary/aromatic N) is 2. The fourth-order valence-corrected chi connectivity index (χ4v) is 3.81. The molecule has 0 saturated heterocycles. The molecule has 166 valence electrons. The van der Waals surface area contributed by atoms with E-state index in [1.807, 2.05) is 41.1 Å². The maximum atomic E-state index is 12.7. The molecule has 0 spiro atoms. The van der Waals surface area contributed by atoms with Crippen LogP contribution in [0.25, 0.3) is 0 Å². The zero-order valence-electron chi connectivity index (χ0n) is 17.8. The predicted octanol–water partition coefficient (Wildman–Crippen LogP) is 2.83. The highest BCUT2D eigenvalue weighted by molar-refractivity contribution is 5.92. The Morgan fingerprint density at radius 2 is 1.94 bits per heavy atom. The minimum absolute atomic E-state index is 0.181. The Kier molecular flexibility index (Phi) is 5.32. The summed E-state index contributed by atoms with van der Waals surface area (Å²) in [4.78, 5) is 12.7. The standard InChI is InChI=1S/C23H23N3O6/c1-28-18-5-3-14(7-20(18)29-2)10-24-23(27)17-9-16-12-30-22(11-26(16)25-17)15-4-6-19-21(8-15)32-13-31-19/h3-9,22H,10-13H2,1-2H3,(H,24,27)/t22-/m1/s1. The molecule has 9 heteroatoms. The van der Waals surface area contributed by atoms with Crippen molar-refractivity contribution in [1.82, 2.24) is 15.1 Å². The predicted molar refractivity (Wildman–Crippen MR) is 113 cm³/mol. The van der Waals surface area contributed by atoms with Crippen molar-refractivity contribution in [3.63, 3.8) is 0 Å². The van der Waals surface area contributed by atoms with Crippen molar-refractivity contribution in [2.24, 2.45) is 0 Å². The van der Waals surface area contributed by atoms with Crippen molar-refractivity contribution >= 4 is 5.91 Å². The summed E-state index contributed by atoms with van der Waals surface area (Å²) in [5.74, 6) is 2.46. The lowest BCUT2D eigenvalue weighted by molar-refractivity contribution is -0.00128. The van der Waals surface area contributed by atoms with Gasteiger partial charge in [0.25, 0.3) is 5.91 Å². The molecule has 2 aromatic carbocycles. The Morgan fingerprint density at radius 3 is 2.78 bits per heavy atom.